The highest BCUT2D eigenvalue weighted by atomic mass is 16.6. The third-order valence-electron chi connectivity index (χ3n) is 2.75. The molecule has 2 rings (SSSR count). The van der Waals surface area contributed by atoms with Crippen LogP contribution in [0.4, 0.5) is 11.5 Å². The molecule has 1 aliphatic heterocycles. The second-order valence-corrected chi connectivity index (χ2v) is 3.91. The normalized spacial score (nSPS) is 16.9. The van der Waals surface area contributed by atoms with Crippen LogP contribution in [0.1, 0.15) is 0 Å². The molecule has 0 bridgehead atoms. The predicted octanol–water partition coefficient (Wildman–Crippen LogP) is -0.365. The molecule has 2 heterocycles. The van der Waals surface area contributed by atoms with E-state index in [9.17, 15) is 10.1 Å². The number of hydrogen-bond donors (Lipinski definition) is 3. The number of rotatable bonds is 5. The van der Waals surface area contributed by atoms with Crippen molar-refractivity contribution >= 4 is 11.5 Å². The van der Waals surface area contributed by atoms with Crippen LogP contribution >= 0.6 is 0 Å². The zero-order valence-corrected chi connectivity index (χ0v) is 9.48. The van der Waals surface area contributed by atoms with Gasteiger partial charge in [0.2, 0.25) is 0 Å². The van der Waals surface area contributed by atoms with Gasteiger partial charge < -0.3 is 20.7 Å². The molecule has 0 spiro atoms. The van der Waals surface area contributed by atoms with Crippen LogP contribution in [0.5, 0.6) is 0 Å². The van der Waals surface area contributed by atoms with Gasteiger partial charge in [0.25, 0.3) is 0 Å². The van der Waals surface area contributed by atoms with E-state index in [0.717, 1.165) is 32.7 Å². The maximum atomic E-state index is 10.6. The zero-order chi connectivity index (χ0) is 12.1. The molecule has 0 atom stereocenters. The van der Waals surface area contributed by atoms with Crippen LogP contribution in [0.3, 0.4) is 0 Å². The molecule has 0 radical (unpaired) electrons. The molecule has 1 aromatic heterocycles. The van der Waals surface area contributed by atoms with Crippen LogP contribution < -0.4 is 10.6 Å². The summed E-state index contributed by atoms with van der Waals surface area (Å²) in [6.07, 6.45) is 1.44. The van der Waals surface area contributed by atoms with Crippen molar-refractivity contribution in [3.05, 3.63) is 16.3 Å². The molecule has 1 saturated heterocycles. The van der Waals surface area contributed by atoms with Gasteiger partial charge in [-0.15, -0.1) is 5.10 Å². The standard InChI is InChI=1S/C9H16N6O2/c16-15(17)9-8(7-12-13-9)11-3-6-14-4-1-10-2-5-14/h7,10-11H,1-6H2,(H,12,13). The maximum Gasteiger partial charge on any atom is 0.366 e. The second-order valence-electron chi connectivity index (χ2n) is 3.91. The fraction of sp³-hybridized carbons (Fsp3) is 0.667. The lowest BCUT2D eigenvalue weighted by atomic mass is 10.3. The first-order valence-electron chi connectivity index (χ1n) is 5.62. The molecule has 0 saturated carbocycles. The summed E-state index contributed by atoms with van der Waals surface area (Å²) in [5, 5.41) is 22.9. The fourth-order valence-corrected chi connectivity index (χ4v) is 1.83. The number of hydrogen-bond acceptors (Lipinski definition) is 6. The van der Waals surface area contributed by atoms with E-state index in [1.54, 1.807) is 0 Å². The van der Waals surface area contributed by atoms with Gasteiger partial charge in [-0.1, -0.05) is 5.10 Å². The summed E-state index contributed by atoms with van der Waals surface area (Å²) in [5.41, 5.74) is 0.449. The van der Waals surface area contributed by atoms with Crippen molar-refractivity contribution in [2.24, 2.45) is 0 Å². The number of piperazine rings is 1. The van der Waals surface area contributed by atoms with E-state index in [1.807, 2.05) is 0 Å². The van der Waals surface area contributed by atoms with E-state index in [2.05, 4.69) is 25.7 Å². The average molecular weight is 240 g/mol. The third-order valence-corrected chi connectivity index (χ3v) is 2.75. The van der Waals surface area contributed by atoms with E-state index in [4.69, 9.17) is 0 Å². The SMILES string of the molecule is O=[N+]([O-])c1[nH]ncc1NCCN1CCNCC1. The Kier molecular flexibility index (Phi) is 3.89. The molecule has 0 aromatic carbocycles. The van der Waals surface area contributed by atoms with E-state index in [-0.39, 0.29) is 5.82 Å². The molecule has 0 aliphatic carbocycles. The fourth-order valence-electron chi connectivity index (χ4n) is 1.83. The van der Waals surface area contributed by atoms with Crippen molar-refractivity contribution in [2.45, 2.75) is 0 Å². The van der Waals surface area contributed by atoms with Gasteiger partial charge in [0.05, 0.1) is 0 Å². The maximum absolute atomic E-state index is 10.6. The lowest BCUT2D eigenvalue weighted by Crippen LogP contribution is -2.45. The summed E-state index contributed by atoms with van der Waals surface area (Å²) < 4.78 is 0. The van der Waals surface area contributed by atoms with Gasteiger partial charge in [-0.25, -0.2) is 0 Å². The Bertz CT molecular complexity index is 373. The van der Waals surface area contributed by atoms with Crippen molar-refractivity contribution < 1.29 is 4.92 Å². The molecule has 17 heavy (non-hydrogen) atoms. The monoisotopic (exact) mass is 240 g/mol. The Morgan fingerprint density at radius 3 is 3.00 bits per heavy atom. The average Bonchev–Trinajstić information content (AvgIpc) is 2.79. The molecule has 1 aliphatic rings. The van der Waals surface area contributed by atoms with Gasteiger partial charge in [0.15, 0.2) is 5.69 Å². The van der Waals surface area contributed by atoms with Gasteiger partial charge in [-0.05, 0) is 4.92 Å². The highest BCUT2D eigenvalue weighted by Gasteiger charge is 2.14. The molecular weight excluding hydrogens is 224 g/mol. The quantitative estimate of drug-likeness (QED) is 0.480. The molecule has 8 heteroatoms. The van der Waals surface area contributed by atoms with Gasteiger partial charge in [-0.2, -0.15) is 0 Å². The number of anilines is 1. The molecule has 0 unspecified atom stereocenters. The Balaban J connectivity index is 1.77. The summed E-state index contributed by atoms with van der Waals surface area (Å²) in [5.74, 6) is -0.0784. The molecule has 94 valence electrons. The first-order valence-corrected chi connectivity index (χ1v) is 5.62. The largest absolute Gasteiger partial charge is 0.376 e. The Labute approximate surface area is 98.5 Å². The van der Waals surface area contributed by atoms with Crippen LogP contribution in [0.2, 0.25) is 0 Å². The smallest absolute Gasteiger partial charge is 0.366 e. The number of aromatic nitrogens is 2. The van der Waals surface area contributed by atoms with Crippen molar-refractivity contribution in [1.82, 2.24) is 20.4 Å². The van der Waals surface area contributed by atoms with Crippen LogP contribution in [-0.4, -0.2) is 59.3 Å². The first-order chi connectivity index (χ1) is 8.27. The molecule has 0 amide bonds. The van der Waals surface area contributed by atoms with Gasteiger partial charge in [-0.3, -0.25) is 4.90 Å². The van der Waals surface area contributed by atoms with Crippen molar-refractivity contribution in [3.8, 4) is 0 Å². The minimum Gasteiger partial charge on any atom is -0.376 e. The number of nitrogens with zero attached hydrogens (tertiary/aromatic N) is 3. The summed E-state index contributed by atoms with van der Waals surface area (Å²) in [6, 6.07) is 0. The highest BCUT2D eigenvalue weighted by molar-refractivity contribution is 5.55. The van der Waals surface area contributed by atoms with Crippen molar-refractivity contribution in [3.63, 3.8) is 0 Å². The first kappa shape index (κ1) is 11.8. The van der Waals surface area contributed by atoms with Gasteiger partial charge >= 0.3 is 5.82 Å². The van der Waals surface area contributed by atoms with Crippen LogP contribution in [0.15, 0.2) is 6.20 Å². The zero-order valence-electron chi connectivity index (χ0n) is 9.48. The molecule has 3 N–H and O–H groups in total. The topological polar surface area (TPSA) is 99.1 Å². The Morgan fingerprint density at radius 1 is 1.53 bits per heavy atom. The molecule has 8 nitrogen and oxygen atoms in total. The second kappa shape index (κ2) is 5.60. The lowest BCUT2D eigenvalue weighted by Gasteiger charge is -2.27. The summed E-state index contributed by atoms with van der Waals surface area (Å²) >= 11 is 0. The minimum atomic E-state index is -0.472. The van der Waals surface area contributed by atoms with E-state index in [1.165, 1.54) is 6.20 Å². The number of H-pyrrole nitrogens is 1. The van der Waals surface area contributed by atoms with E-state index in [0.29, 0.717) is 12.2 Å². The lowest BCUT2D eigenvalue weighted by molar-refractivity contribution is -0.388. The van der Waals surface area contributed by atoms with Crippen LogP contribution in [0, 0.1) is 10.1 Å². The number of nitrogens with one attached hydrogen (secondary N) is 3. The third kappa shape index (κ3) is 3.14. The minimum absolute atomic E-state index is 0.0784. The van der Waals surface area contributed by atoms with E-state index >= 15 is 0 Å². The highest BCUT2D eigenvalue weighted by Crippen LogP contribution is 2.18. The summed E-state index contributed by atoms with van der Waals surface area (Å²) in [7, 11) is 0. The number of aromatic amines is 1. The molecule has 1 fully saturated rings. The molecular formula is C9H16N6O2. The summed E-state index contributed by atoms with van der Waals surface area (Å²) in [6.45, 7) is 5.62. The van der Waals surface area contributed by atoms with Gasteiger partial charge in [0, 0.05) is 39.3 Å². The Morgan fingerprint density at radius 2 is 2.29 bits per heavy atom. The van der Waals surface area contributed by atoms with E-state index < -0.39 is 4.92 Å². The van der Waals surface area contributed by atoms with Crippen molar-refractivity contribution in [1.29, 1.82) is 0 Å². The van der Waals surface area contributed by atoms with Crippen LogP contribution in [0.25, 0.3) is 0 Å². The molecule has 1 aromatic rings. The summed E-state index contributed by atoms with van der Waals surface area (Å²) in [4.78, 5) is 12.5. The predicted molar refractivity (Wildman–Crippen MR) is 63.0 cm³/mol. The van der Waals surface area contributed by atoms with Crippen molar-refractivity contribution in [2.75, 3.05) is 44.6 Å². The van der Waals surface area contributed by atoms with Gasteiger partial charge in [0.1, 0.15) is 6.20 Å². The number of nitro groups is 1. The Hall–Kier alpha value is -1.67. The van der Waals surface area contributed by atoms with Crippen LogP contribution in [-0.2, 0) is 0 Å².